The van der Waals surface area contributed by atoms with E-state index in [0.29, 0.717) is 32.6 Å². The standard InChI is InChI=1S/C13H28N2O3/c1-2-3-4-5-6-13(18)14-7-8-15(9-11-16)10-12-17/h16-17H,2-12H2,1H3,(H,14,18). The quantitative estimate of drug-likeness (QED) is 0.443. The Balaban J connectivity index is 3.52. The van der Waals surface area contributed by atoms with Crippen LogP contribution in [-0.2, 0) is 4.79 Å². The molecule has 0 heterocycles. The number of aliphatic hydroxyl groups is 2. The van der Waals surface area contributed by atoms with Gasteiger partial charge in [0.1, 0.15) is 0 Å². The van der Waals surface area contributed by atoms with Crippen LogP contribution in [0, 0.1) is 0 Å². The SMILES string of the molecule is CCCCCCC(=O)NCCN(CCO)CCO. The summed E-state index contributed by atoms with van der Waals surface area (Å²) in [6.07, 6.45) is 5.04. The topological polar surface area (TPSA) is 72.8 Å². The van der Waals surface area contributed by atoms with Crippen LogP contribution in [0.3, 0.4) is 0 Å². The summed E-state index contributed by atoms with van der Waals surface area (Å²) in [6.45, 7) is 4.61. The molecule has 3 N–H and O–H groups in total. The van der Waals surface area contributed by atoms with Gasteiger partial charge in [0.05, 0.1) is 13.2 Å². The van der Waals surface area contributed by atoms with Crippen LogP contribution in [0.2, 0.25) is 0 Å². The first-order valence-corrected chi connectivity index (χ1v) is 6.95. The van der Waals surface area contributed by atoms with Gasteiger partial charge in [-0.25, -0.2) is 0 Å². The first-order valence-electron chi connectivity index (χ1n) is 6.95. The number of hydrogen-bond donors (Lipinski definition) is 3. The van der Waals surface area contributed by atoms with E-state index in [2.05, 4.69) is 12.2 Å². The second kappa shape index (κ2) is 12.8. The Labute approximate surface area is 110 Å². The van der Waals surface area contributed by atoms with E-state index in [1.165, 1.54) is 12.8 Å². The predicted octanol–water partition coefficient (Wildman–Crippen LogP) is 0.360. The second-order valence-electron chi connectivity index (χ2n) is 4.45. The highest BCUT2D eigenvalue weighted by Gasteiger charge is 2.04. The van der Waals surface area contributed by atoms with E-state index < -0.39 is 0 Å². The maximum Gasteiger partial charge on any atom is 0.220 e. The molecule has 0 aromatic heterocycles. The van der Waals surface area contributed by atoms with Gasteiger partial charge in [0.15, 0.2) is 0 Å². The zero-order chi connectivity index (χ0) is 13.6. The first kappa shape index (κ1) is 17.4. The Kier molecular flexibility index (Phi) is 12.3. The normalized spacial score (nSPS) is 10.9. The molecule has 0 rings (SSSR count). The average molecular weight is 260 g/mol. The monoisotopic (exact) mass is 260 g/mol. The van der Waals surface area contributed by atoms with E-state index in [1.807, 2.05) is 4.90 Å². The molecule has 5 heteroatoms. The molecule has 5 nitrogen and oxygen atoms in total. The molecule has 0 aromatic carbocycles. The summed E-state index contributed by atoms with van der Waals surface area (Å²) in [7, 11) is 0. The Morgan fingerprint density at radius 3 is 2.28 bits per heavy atom. The summed E-state index contributed by atoms with van der Waals surface area (Å²) in [6, 6.07) is 0. The number of amides is 1. The first-order chi connectivity index (χ1) is 8.74. The molecule has 0 saturated carbocycles. The minimum atomic E-state index is 0.0744. The zero-order valence-corrected chi connectivity index (χ0v) is 11.5. The van der Waals surface area contributed by atoms with Crippen molar-refractivity contribution < 1.29 is 15.0 Å². The van der Waals surface area contributed by atoms with E-state index >= 15 is 0 Å². The van der Waals surface area contributed by atoms with Gasteiger partial charge in [-0.05, 0) is 6.42 Å². The largest absolute Gasteiger partial charge is 0.395 e. The van der Waals surface area contributed by atoms with E-state index in [1.54, 1.807) is 0 Å². The van der Waals surface area contributed by atoms with Gasteiger partial charge >= 0.3 is 0 Å². The van der Waals surface area contributed by atoms with Crippen LogP contribution in [0.15, 0.2) is 0 Å². The lowest BCUT2D eigenvalue weighted by molar-refractivity contribution is -0.121. The lowest BCUT2D eigenvalue weighted by Gasteiger charge is -2.20. The molecule has 0 saturated heterocycles. The molecule has 0 unspecified atom stereocenters. The van der Waals surface area contributed by atoms with E-state index in [9.17, 15) is 4.79 Å². The summed E-state index contributed by atoms with van der Waals surface area (Å²) < 4.78 is 0. The van der Waals surface area contributed by atoms with Crippen molar-refractivity contribution in [1.82, 2.24) is 10.2 Å². The van der Waals surface area contributed by atoms with Gasteiger partial charge in [-0.2, -0.15) is 0 Å². The molecule has 0 spiro atoms. The molecule has 0 atom stereocenters. The van der Waals surface area contributed by atoms with Gasteiger partial charge < -0.3 is 15.5 Å². The van der Waals surface area contributed by atoms with Crippen molar-refractivity contribution in [2.24, 2.45) is 0 Å². The third-order valence-corrected chi connectivity index (χ3v) is 2.84. The molecule has 1 amide bonds. The van der Waals surface area contributed by atoms with Crippen molar-refractivity contribution in [2.75, 3.05) is 39.4 Å². The Hall–Kier alpha value is -0.650. The van der Waals surface area contributed by atoms with Gasteiger partial charge in [-0.3, -0.25) is 9.69 Å². The Morgan fingerprint density at radius 2 is 1.72 bits per heavy atom. The maximum atomic E-state index is 11.5. The van der Waals surface area contributed by atoms with Gasteiger partial charge in [0.2, 0.25) is 5.91 Å². The molecule has 108 valence electrons. The van der Waals surface area contributed by atoms with Crippen LogP contribution in [0.4, 0.5) is 0 Å². The molecule has 0 bridgehead atoms. The molecule has 0 aromatic rings. The number of nitrogens with zero attached hydrogens (tertiary/aromatic N) is 1. The van der Waals surface area contributed by atoms with Gasteiger partial charge in [-0.1, -0.05) is 26.2 Å². The number of unbranched alkanes of at least 4 members (excludes halogenated alkanes) is 3. The molecular weight excluding hydrogens is 232 g/mol. The average Bonchev–Trinajstić information content (AvgIpc) is 2.35. The van der Waals surface area contributed by atoms with Gasteiger partial charge in [0, 0.05) is 32.6 Å². The van der Waals surface area contributed by atoms with E-state index in [4.69, 9.17) is 10.2 Å². The van der Waals surface area contributed by atoms with Crippen molar-refractivity contribution >= 4 is 5.91 Å². The zero-order valence-electron chi connectivity index (χ0n) is 11.5. The number of nitrogens with one attached hydrogen (secondary N) is 1. The highest BCUT2D eigenvalue weighted by atomic mass is 16.3. The van der Waals surface area contributed by atoms with Crippen LogP contribution in [0.5, 0.6) is 0 Å². The minimum Gasteiger partial charge on any atom is -0.395 e. The predicted molar refractivity (Wildman–Crippen MR) is 72.4 cm³/mol. The molecule has 0 aliphatic rings. The van der Waals surface area contributed by atoms with Crippen molar-refractivity contribution in [1.29, 1.82) is 0 Å². The molecule has 18 heavy (non-hydrogen) atoms. The van der Waals surface area contributed by atoms with Crippen molar-refractivity contribution in [3.05, 3.63) is 0 Å². The van der Waals surface area contributed by atoms with Crippen LogP contribution in [0.1, 0.15) is 39.0 Å². The lowest BCUT2D eigenvalue weighted by atomic mass is 10.1. The molecule has 0 radical (unpaired) electrons. The van der Waals surface area contributed by atoms with Crippen molar-refractivity contribution in [3.8, 4) is 0 Å². The molecule has 0 aliphatic carbocycles. The fourth-order valence-corrected chi connectivity index (χ4v) is 1.77. The van der Waals surface area contributed by atoms with E-state index in [-0.39, 0.29) is 19.1 Å². The summed E-state index contributed by atoms with van der Waals surface area (Å²) in [5.41, 5.74) is 0. The van der Waals surface area contributed by atoms with Gasteiger partial charge in [-0.15, -0.1) is 0 Å². The number of rotatable bonds is 12. The highest BCUT2D eigenvalue weighted by molar-refractivity contribution is 5.75. The summed E-state index contributed by atoms with van der Waals surface area (Å²) in [5, 5.41) is 20.5. The van der Waals surface area contributed by atoms with Crippen LogP contribution >= 0.6 is 0 Å². The number of aliphatic hydroxyl groups excluding tert-OH is 2. The summed E-state index contributed by atoms with van der Waals surface area (Å²) >= 11 is 0. The van der Waals surface area contributed by atoms with Crippen molar-refractivity contribution in [3.63, 3.8) is 0 Å². The third-order valence-electron chi connectivity index (χ3n) is 2.84. The second-order valence-corrected chi connectivity index (χ2v) is 4.45. The molecule has 0 aliphatic heterocycles. The van der Waals surface area contributed by atoms with Crippen LogP contribution < -0.4 is 5.32 Å². The summed E-state index contributed by atoms with van der Waals surface area (Å²) in [5.74, 6) is 0.0963. The minimum absolute atomic E-state index is 0.0744. The van der Waals surface area contributed by atoms with Crippen molar-refractivity contribution in [2.45, 2.75) is 39.0 Å². The molecule has 0 fully saturated rings. The lowest BCUT2D eigenvalue weighted by Crippen LogP contribution is -2.37. The van der Waals surface area contributed by atoms with Gasteiger partial charge in [0.25, 0.3) is 0 Å². The Bertz CT molecular complexity index is 195. The number of carbonyl (C=O) groups is 1. The third kappa shape index (κ3) is 10.5. The Morgan fingerprint density at radius 1 is 1.06 bits per heavy atom. The van der Waals surface area contributed by atoms with Crippen LogP contribution in [-0.4, -0.2) is 60.4 Å². The fourth-order valence-electron chi connectivity index (χ4n) is 1.77. The number of hydrogen-bond acceptors (Lipinski definition) is 4. The maximum absolute atomic E-state index is 11.5. The fraction of sp³-hybridized carbons (Fsp3) is 0.923. The van der Waals surface area contributed by atoms with Crippen LogP contribution in [0.25, 0.3) is 0 Å². The smallest absolute Gasteiger partial charge is 0.220 e. The highest BCUT2D eigenvalue weighted by Crippen LogP contribution is 2.01. The molecular formula is C13H28N2O3. The number of carbonyl (C=O) groups excluding carboxylic acids is 1. The van der Waals surface area contributed by atoms with E-state index in [0.717, 1.165) is 12.8 Å². The summed E-state index contributed by atoms with van der Waals surface area (Å²) in [4.78, 5) is 13.4.